The number of carbonyl (C=O) groups is 1. The first kappa shape index (κ1) is 15.4. The second-order valence-corrected chi connectivity index (χ2v) is 5.76. The predicted molar refractivity (Wildman–Crippen MR) is 80.3 cm³/mol. The Kier molecular flexibility index (Phi) is 4.57. The molecule has 2 rings (SSSR count). The number of hydrogen-bond acceptors (Lipinski definition) is 4. The number of nitrogens with one attached hydrogen (secondary N) is 2. The van der Waals surface area contributed by atoms with E-state index >= 15 is 0 Å². The van der Waals surface area contributed by atoms with Gasteiger partial charge in [-0.15, -0.1) is 0 Å². The zero-order chi connectivity index (χ0) is 15.6. The van der Waals surface area contributed by atoms with Gasteiger partial charge in [-0.2, -0.15) is 0 Å². The van der Waals surface area contributed by atoms with Crippen molar-refractivity contribution in [2.45, 2.75) is 39.3 Å². The van der Waals surface area contributed by atoms with Gasteiger partial charge in [0.25, 0.3) is 11.6 Å². The third kappa shape index (κ3) is 3.39. The van der Waals surface area contributed by atoms with Gasteiger partial charge in [0.15, 0.2) is 0 Å². The minimum Gasteiger partial charge on any atom is -0.347 e. The van der Waals surface area contributed by atoms with Crippen LogP contribution in [0.25, 0.3) is 0 Å². The second-order valence-electron chi connectivity index (χ2n) is 5.76. The first-order chi connectivity index (χ1) is 9.90. The number of benzene rings is 1. The maximum atomic E-state index is 12.4. The van der Waals surface area contributed by atoms with Crippen LogP contribution in [-0.4, -0.2) is 29.5 Å². The molecule has 3 atom stereocenters. The highest BCUT2D eigenvalue weighted by Crippen LogP contribution is 2.20. The summed E-state index contributed by atoms with van der Waals surface area (Å²) in [5.74, 6) is 0.132. The molecular formula is C15H21N3O3. The van der Waals surface area contributed by atoms with E-state index in [0.717, 1.165) is 18.5 Å². The minimum absolute atomic E-state index is 0.0323. The molecule has 6 nitrogen and oxygen atoms in total. The number of nitrogens with zero attached hydrogens (tertiary/aromatic N) is 1. The first-order valence-electron chi connectivity index (χ1n) is 7.19. The Labute approximate surface area is 124 Å². The lowest BCUT2D eigenvalue weighted by molar-refractivity contribution is -0.384. The summed E-state index contributed by atoms with van der Waals surface area (Å²) in [5, 5.41) is 17.2. The van der Waals surface area contributed by atoms with E-state index in [4.69, 9.17) is 0 Å². The summed E-state index contributed by atoms with van der Waals surface area (Å²) in [6.45, 7) is 6.89. The Morgan fingerprint density at radius 3 is 2.76 bits per heavy atom. The molecule has 21 heavy (non-hydrogen) atoms. The van der Waals surface area contributed by atoms with Crippen LogP contribution in [0.15, 0.2) is 18.2 Å². The number of nitro groups is 1. The van der Waals surface area contributed by atoms with E-state index in [-0.39, 0.29) is 23.7 Å². The topological polar surface area (TPSA) is 84.3 Å². The standard InChI is InChI=1S/C15H21N3O3/c1-9-4-5-12(18(20)21)8-13(9)15(19)17-14-10(2)6-7-16-11(14)3/h4-5,8,10-11,14,16H,6-7H2,1-3H3,(H,17,19). The van der Waals surface area contributed by atoms with Crippen LogP contribution < -0.4 is 10.6 Å². The molecule has 0 saturated carbocycles. The number of rotatable bonds is 3. The van der Waals surface area contributed by atoms with Crippen LogP contribution in [0, 0.1) is 23.0 Å². The van der Waals surface area contributed by atoms with Crippen LogP contribution in [0.3, 0.4) is 0 Å². The zero-order valence-corrected chi connectivity index (χ0v) is 12.6. The fourth-order valence-corrected chi connectivity index (χ4v) is 2.80. The van der Waals surface area contributed by atoms with Crippen molar-refractivity contribution in [1.82, 2.24) is 10.6 Å². The summed E-state index contributed by atoms with van der Waals surface area (Å²) in [6.07, 6.45) is 1.00. The molecule has 3 unspecified atom stereocenters. The molecule has 0 radical (unpaired) electrons. The van der Waals surface area contributed by atoms with Gasteiger partial charge in [0.05, 0.1) is 4.92 Å². The maximum absolute atomic E-state index is 12.4. The Morgan fingerprint density at radius 1 is 1.43 bits per heavy atom. The fraction of sp³-hybridized carbons (Fsp3) is 0.533. The molecule has 1 aliphatic rings. The number of nitro benzene ring substituents is 1. The summed E-state index contributed by atoms with van der Waals surface area (Å²) in [6, 6.07) is 4.59. The van der Waals surface area contributed by atoms with Crippen molar-refractivity contribution in [3.63, 3.8) is 0 Å². The molecule has 1 saturated heterocycles. The van der Waals surface area contributed by atoms with Crippen molar-refractivity contribution in [2.24, 2.45) is 5.92 Å². The van der Waals surface area contributed by atoms with Crippen molar-refractivity contribution in [3.8, 4) is 0 Å². The van der Waals surface area contributed by atoms with Crippen LogP contribution >= 0.6 is 0 Å². The van der Waals surface area contributed by atoms with E-state index < -0.39 is 4.92 Å². The summed E-state index contributed by atoms with van der Waals surface area (Å²) in [4.78, 5) is 22.8. The van der Waals surface area contributed by atoms with Gasteiger partial charge in [-0.3, -0.25) is 14.9 Å². The highest BCUT2D eigenvalue weighted by Gasteiger charge is 2.29. The highest BCUT2D eigenvalue weighted by atomic mass is 16.6. The molecule has 1 aromatic rings. The largest absolute Gasteiger partial charge is 0.347 e. The van der Waals surface area contributed by atoms with Crippen LogP contribution in [0.5, 0.6) is 0 Å². The van der Waals surface area contributed by atoms with E-state index in [1.165, 1.54) is 12.1 Å². The third-order valence-electron chi connectivity index (χ3n) is 4.19. The molecule has 114 valence electrons. The van der Waals surface area contributed by atoms with Gasteiger partial charge in [-0.1, -0.05) is 13.0 Å². The van der Waals surface area contributed by atoms with E-state index in [1.807, 2.05) is 6.92 Å². The number of non-ortho nitro benzene ring substituents is 1. The molecule has 0 bridgehead atoms. The maximum Gasteiger partial charge on any atom is 0.270 e. The monoisotopic (exact) mass is 291 g/mol. The van der Waals surface area contributed by atoms with Crippen molar-refractivity contribution in [1.29, 1.82) is 0 Å². The zero-order valence-electron chi connectivity index (χ0n) is 12.6. The summed E-state index contributed by atoms with van der Waals surface area (Å²) in [7, 11) is 0. The lowest BCUT2D eigenvalue weighted by atomic mass is 9.89. The second kappa shape index (κ2) is 6.22. The Balaban J connectivity index is 2.20. The number of carbonyl (C=O) groups excluding carboxylic acids is 1. The molecule has 1 aromatic carbocycles. The van der Waals surface area contributed by atoms with Gasteiger partial charge in [0.2, 0.25) is 0 Å². The molecule has 6 heteroatoms. The molecule has 1 fully saturated rings. The molecule has 1 amide bonds. The van der Waals surface area contributed by atoms with E-state index in [9.17, 15) is 14.9 Å². The Morgan fingerprint density at radius 2 is 2.14 bits per heavy atom. The van der Waals surface area contributed by atoms with Gasteiger partial charge < -0.3 is 10.6 Å². The predicted octanol–water partition coefficient (Wildman–Crippen LogP) is 2.02. The Bertz CT molecular complexity index is 549. The lowest BCUT2D eigenvalue weighted by Gasteiger charge is -2.36. The van der Waals surface area contributed by atoms with E-state index in [1.54, 1.807) is 13.0 Å². The number of aryl methyl sites for hydroxylation is 1. The molecule has 1 heterocycles. The van der Waals surface area contributed by atoms with Gasteiger partial charge in [-0.05, 0) is 38.3 Å². The Hall–Kier alpha value is -1.95. The molecule has 0 spiro atoms. The lowest BCUT2D eigenvalue weighted by Crippen LogP contribution is -2.56. The quantitative estimate of drug-likeness (QED) is 0.659. The number of piperidine rings is 1. The molecule has 0 aliphatic carbocycles. The molecule has 2 N–H and O–H groups in total. The van der Waals surface area contributed by atoms with Gasteiger partial charge >= 0.3 is 0 Å². The van der Waals surface area contributed by atoms with Crippen molar-refractivity contribution in [2.75, 3.05) is 6.54 Å². The number of amides is 1. The van der Waals surface area contributed by atoms with Crippen molar-refractivity contribution in [3.05, 3.63) is 39.4 Å². The van der Waals surface area contributed by atoms with Crippen molar-refractivity contribution < 1.29 is 9.72 Å². The summed E-state index contributed by atoms with van der Waals surface area (Å²) >= 11 is 0. The highest BCUT2D eigenvalue weighted by molar-refractivity contribution is 5.96. The minimum atomic E-state index is -0.483. The first-order valence-corrected chi connectivity index (χ1v) is 7.19. The van der Waals surface area contributed by atoms with Crippen LogP contribution in [0.2, 0.25) is 0 Å². The van der Waals surface area contributed by atoms with Crippen LogP contribution in [0.1, 0.15) is 36.2 Å². The van der Waals surface area contributed by atoms with Crippen molar-refractivity contribution >= 4 is 11.6 Å². The van der Waals surface area contributed by atoms with E-state index in [2.05, 4.69) is 17.6 Å². The van der Waals surface area contributed by atoms with Crippen LogP contribution in [0.4, 0.5) is 5.69 Å². The van der Waals surface area contributed by atoms with Gasteiger partial charge in [-0.25, -0.2) is 0 Å². The number of hydrogen-bond donors (Lipinski definition) is 2. The third-order valence-corrected chi connectivity index (χ3v) is 4.19. The SMILES string of the molecule is Cc1ccc([N+](=O)[O-])cc1C(=O)NC1C(C)CCNC1C. The molecular weight excluding hydrogens is 270 g/mol. The smallest absolute Gasteiger partial charge is 0.270 e. The van der Waals surface area contributed by atoms with Gasteiger partial charge in [0, 0.05) is 29.8 Å². The molecule has 0 aromatic heterocycles. The summed E-state index contributed by atoms with van der Waals surface area (Å²) in [5.41, 5.74) is 1.05. The normalized spacial score (nSPS) is 25.4. The average Bonchev–Trinajstić information content (AvgIpc) is 2.43. The van der Waals surface area contributed by atoms with Gasteiger partial charge in [0.1, 0.15) is 0 Å². The summed E-state index contributed by atoms with van der Waals surface area (Å²) < 4.78 is 0. The molecule has 1 aliphatic heterocycles. The van der Waals surface area contributed by atoms with Crippen LogP contribution in [-0.2, 0) is 0 Å². The fourth-order valence-electron chi connectivity index (χ4n) is 2.80. The average molecular weight is 291 g/mol. The van der Waals surface area contributed by atoms with E-state index in [0.29, 0.717) is 11.5 Å².